The summed E-state index contributed by atoms with van der Waals surface area (Å²) in [6.07, 6.45) is 3.69. The van der Waals surface area contributed by atoms with E-state index in [2.05, 4.69) is 5.32 Å². The largest absolute Gasteiger partial charge is 0.366 e. The van der Waals surface area contributed by atoms with E-state index in [0.29, 0.717) is 19.7 Å². The van der Waals surface area contributed by atoms with Gasteiger partial charge in [-0.15, -0.1) is 0 Å². The maximum atomic E-state index is 14.5. The zero-order valence-corrected chi connectivity index (χ0v) is 12.6. The van der Waals surface area contributed by atoms with Crippen LogP contribution in [0.1, 0.15) is 31.2 Å². The topological polar surface area (TPSA) is 41.6 Å². The van der Waals surface area contributed by atoms with E-state index in [-0.39, 0.29) is 17.1 Å². The van der Waals surface area contributed by atoms with Crippen molar-refractivity contribution in [3.63, 3.8) is 0 Å². The summed E-state index contributed by atoms with van der Waals surface area (Å²) in [7, 11) is 0. The molecular formula is C17H21FN2O2. The number of ether oxygens (including phenoxy) is 1. The van der Waals surface area contributed by atoms with Crippen LogP contribution in [0.2, 0.25) is 0 Å². The molecule has 3 aliphatic rings. The van der Waals surface area contributed by atoms with Gasteiger partial charge in [0.05, 0.1) is 12.3 Å². The Bertz CT molecular complexity index is 592. The van der Waals surface area contributed by atoms with Crippen molar-refractivity contribution in [3.8, 4) is 0 Å². The number of morpholine rings is 1. The molecule has 22 heavy (non-hydrogen) atoms. The molecule has 0 bridgehead atoms. The van der Waals surface area contributed by atoms with Crippen LogP contribution in [0.4, 0.5) is 10.1 Å². The Labute approximate surface area is 129 Å². The van der Waals surface area contributed by atoms with Gasteiger partial charge in [-0.3, -0.25) is 4.79 Å². The summed E-state index contributed by atoms with van der Waals surface area (Å²) in [5, 5.41) is 3.19. The summed E-state index contributed by atoms with van der Waals surface area (Å²) in [6.45, 7) is 2.46. The molecule has 2 heterocycles. The highest BCUT2D eigenvalue weighted by molar-refractivity contribution is 5.99. The highest BCUT2D eigenvalue weighted by Crippen LogP contribution is 2.51. The lowest BCUT2D eigenvalue weighted by molar-refractivity contribution is -0.131. The number of nitrogens with one attached hydrogen (secondary N) is 1. The molecule has 1 saturated heterocycles. The standard InChI is InChI=1S/C17H21FN2O2/c18-12-4-3-5-13-15(12)17(6-1-2-7-17)11-20(13)16(21)14-10-19-8-9-22-14/h3-5,14,19H,1-2,6-11H2. The number of halogens is 1. The van der Waals surface area contributed by atoms with Crippen LogP contribution in [-0.4, -0.2) is 38.3 Å². The van der Waals surface area contributed by atoms with E-state index in [4.69, 9.17) is 4.74 Å². The molecule has 4 rings (SSSR count). The third-order valence-electron chi connectivity index (χ3n) is 5.30. The molecule has 1 aliphatic carbocycles. The molecular weight excluding hydrogens is 283 g/mol. The molecule has 1 atom stereocenters. The first-order chi connectivity index (χ1) is 10.7. The second-order valence-electron chi connectivity index (χ2n) is 6.61. The second-order valence-corrected chi connectivity index (χ2v) is 6.61. The summed E-state index contributed by atoms with van der Waals surface area (Å²) in [6, 6.07) is 5.09. The van der Waals surface area contributed by atoms with Crippen LogP contribution in [0, 0.1) is 5.82 Å². The van der Waals surface area contributed by atoms with Gasteiger partial charge in [0.15, 0.2) is 0 Å². The monoisotopic (exact) mass is 304 g/mol. The summed E-state index contributed by atoms with van der Waals surface area (Å²) in [5.41, 5.74) is 1.32. The molecule has 118 valence electrons. The maximum absolute atomic E-state index is 14.5. The zero-order valence-electron chi connectivity index (χ0n) is 12.6. The molecule has 5 heteroatoms. The van der Waals surface area contributed by atoms with Crippen LogP contribution < -0.4 is 10.2 Å². The zero-order chi connectivity index (χ0) is 15.2. The van der Waals surface area contributed by atoms with Crippen LogP contribution in [0.3, 0.4) is 0 Å². The summed E-state index contributed by atoms with van der Waals surface area (Å²) >= 11 is 0. The first-order valence-corrected chi connectivity index (χ1v) is 8.14. The number of rotatable bonds is 1. The fourth-order valence-electron chi connectivity index (χ4n) is 4.28. The first-order valence-electron chi connectivity index (χ1n) is 8.14. The fraction of sp³-hybridized carbons (Fsp3) is 0.588. The number of anilines is 1. The van der Waals surface area contributed by atoms with Crippen molar-refractivity contribution in [1.29, 1.82) is 0 Å². The Morgan fingerprint density at radius 2 is 2.18 bits per heavy atom. The summed E-state index contributed by atoms with van der Waals surface area (Å²) < 4.78 is 20.1. The molecule has 2 fully saturated rings. The second kappa shape index (κ2) is 5.32. The molecule has 1 unspecified atom stereocenters. The van der Waals surface area contributed by atoms with Gasteiger partial charge in [-0.25, -0.2) is 4.39 Å². The van der Waals surface area contributed by atoms with Gasteiger partial charge in [0.2, 0.25) is 0 Å². The minimum atomic E-state index is -0.457. The lowest BCUT2D eigenvalue weighted by atomic mass is 9.80. The lowest BCUT2D eigenvalue weighted by Crippen LogP contribution is -2.50. The third-order valence-corrected chi connectivity index (χ3v) is 5.30. The fourth-order valence-corrected chi connectivity index (χ4v) is 4.28. The highest BCUT2D eigenvalue weighted by Gasteiger charge is 2.49. The van der Waals surface area contributed by atoms with Crippen molar-refractivity contribution in [2.75, 3.05) is 31.1 Å². The van der Waals surface area contributed by atoms with Gasteiger partial charge in [-0.1, -0.05) is 18.9 Å². The lowest BCUT2D eigenvalue weighted by Gasteiger charge is -2.29. The van der Waals surface area contributed by atoms with Gasteiger partial charge >= 0.3 is 0 Å². The number of carbonyl (C=O) groups excluding carboxylic acids is 1. The molecule has 1 amide bonds. The molecule has 0 aromatic heterocycles. The van der Waals surface area contributed by atoms with Crippen molar-refractivity contribution in [2.45, 2.75) is 37.2 Å². The van der Waals surface area contributed by atoms with Crippen LogP contribution in [0.25, 0.3) is 0 Å². The highest BCUT2D eigenvalue weighted by atomic mass is 19.1. The molecule has 4 nitrogen and oxygen atoms in total. The van der Waals surface area contributed by atoms with E-state index in [9.17, 15) is 9.18 Å². The van der Waals surface area contributed by atoms with Gasteiger partial charge in [0.25, 0.3) is 5.91 Å². The Balaban J connectivity index is 1.70. The van der Waals surface area contributed by atoms with Crippen molar-refractivity contribution in [3.05, 3.63) is 29.6 Å². The van der Waals surface area contributed by atoms with Crippen LogP contribution in [0.5, 0.6) is 0 Å². The number of fused-ring (bicyclic) bond motifs is 2. The Hall–Kier alpha value is -1.46. The van der Waals surface area contributed by atoms with Gasteiger partial charge in [-0.05, 0) is 25.0 Å². The van der Waals surface area contributed by atoms with Crippen molar-refractivity contribution in [2.24, 2.45) is 0 Å². The van der Waals surface area contributed by atoms with Crippen molar-refractivity contribution in [1.82, 2.24) is 5.32 Å². The van der Waals surface area contributed by atoms with Crippen LogP contribution >= 0.6 is 0 Å². The minimum Gasteiger partial charge on any atom is -0.366 e. The minimum absolute atomic E-state index is 0.0391. The number of benzene rings is 1. The molecule has 1 aromatic rings. The average molecular weight is 304 g/mol. The van der Waals surface area contributed by atoms with Crippen molar-refractivity contribution >= 4 is 11.6 Å². The Morgan fingerprint density at radius 3 is 2.91 bits per heavy atom. The third kappa shape index (κ3) is 2.07. The van der Waals surface area contributed by atoms with Gasteiger partial charge < -0.3 is 15.0 Å². The number of amides is 1. The number of hydrogen-bond donors (Lipinski definition) is 1. The van der Waals surface area contributed by atoms with E-state index >= 15 is 0 Å². The van der Waals surface area contributed by atoms with Gasteiger partial charge in [0, 0.05) is 30.6 Å². The van der Waals surface area contributed by atoms with Gasteiger partial charge in [0.1, 0.15) is 11.9 Å². The van der Waals surface area contributed by atoms with Gasteiger partial charge in [-0.2, -0.15) is 0 Å². The molecule has 1 aromatic carbocycles. The Kier molecular flexibility index (Phi) is 3.42. The molecule has 1 spiro atoms. The van der Waals surface area contributed by atoms with Crippen LogP contribution in [-0.2, 0) is 14.9 Å². The summed E-state index contributed by atoms with van der Waals surface area (Å²) in [4.78, 5) is 14.6. The number of nitrogens with zero attached hydrogens (tertiary/aromatic N) is 1. The summed E-state index contributed by atoms with van der Waals surface area (Å²) in [5.74, 6) is -0.208. The van der Waals surface area contributed by atoms with E-state index < -0.39 is 6.10 Å². The maximum Gasteiger partial charge on any atom is 0.257 e. The molecule has 0 radical (unpaired) electrons. The molecule has 2 aliphatic heterocycles. The SMILES string of the molecule is O=C(C1CNCCO1)N1CC2(CCCC2)c2c(F)cccc21. The van der Waals surface area contributed by atoms with E-state index in [1.165, 1.54) is 6.07 Å². The van der Waals surface area contributed by atoms with E-state index in [1.807, 2.05) is 6.07 Å². The smallest absolute Gasteiger partial charge is 0.257 e. The van der Waals surface area contributed by atoms with Crippen molar-refractivity contribution < 1.29 is 13.9 Å². The molecule has 1 saturated carbocycles. The number of hydrogen-bond acceptors (Lipinski definition) is 3. The predicted molar refractivity (Wildman–Crippen MR) is 81.5 cm³/mol. The average Bonchev–Trinajstić information content (AvgIpc) is 3.15. The molecule has 1 N–H and O–H groups in total. The Morgan fingerprint density at radius 1 is 1.36 bits per heavy atom. The quantitative estimate of drug-likeness (QED) is 0.862. The number of carbonyl (C=O) groups is 1. The van der Waals surface area contributed by atoms with E-state index in [0.717, 1.165) is 43.5 Å². The van der Waals surface area contributed by atoms with Crippen LogP contribution in [0.15, 0.2) is 18.2 Å². The van der Waals surface area contributed by atoms with E-state index in [1.54, 1.807) is 11.0 Å². The first kappa shape index (κ1) is 14.2. The predicted octanol–water partition coefficient (Wildman–Crippen LogP) is 1.97. The normalized spacial score (nSPS) is 26.4.